The third kappa shape index (κ3) is 2.96. The van der Waals surface area contributed by atoms with E-state index in [1.54, 1.807) is 31.1 Å². The number of likely N-dealkylation sites (N-methyl/N-ethyl adjacent to an activating group) is 1. The summed E-state index contributed by atoms with van der Waals surface area (Å²) in [5, 5.41) is 0. The van der Waals surface area contributed by atoms with Crippen LogP contribution >= 0.6 is 12.9 Å². The van der Waals surface area contributed by atoms with Crippen LogP contribution in [0.2, 0.25) is 0 Å². The van der Waals surface area contributed by atoms with Crippen LogP contribution in [0.15, 0.2) is 24.3 Å². The maximum Gasteiger partial charge on any atom is 0.226 e. The fraction of sp³-hybridized carbons (Fsp3) is 0.300. The molecule has 3 nitrogen and oxygen atoms in total. The molecule has 0 N–H and O–H groups in total. The third-order valence-electron chi connectivity index (χ3n) is 1.86. The number of benzene rings is 1. The lowest BCUT2D eigenvalue weighted by molar-refractivity contribution is -0.127. The van der Waals surface area contributed by atoms with Gasteiger partial charge in [0.1, 0.15) is 5.75 Å². The fourth-order valence-electron chi connectivity index (χ4n) is 1.04. The van der Waals surface area contributed by atoms with Crippen LogP contribution in [0.3, 0.4) is 0 Å². The number of amides is 1. The zero-order valence-corrected chi connectivity index (χ0v) is 9.12. The second-order valence-electron chi connectivity index (χ2n) is 3.20. The number of hydrogen-bond acceptors (Lipinski definition) is 3. The number of carbonyl (C=O) groups excluding carboxylic acids is 1. The Labute approximate surface area is 89.3 Å². The predicted molar refractivity (Wildman–Crippen MR) is 58.5 cm³/mol. The molecule has 0 unspecified atom stereocenters. The second-order valence-corrected chi connectivity index (χ2v) is 3.39. The first kappa shape index (κ1) is 10.9. The van der Waals surface area contributed by atoms with Crippen LogP contribution < -0.4 is 4.18 Å². The van der Waals surface area contributed by atoms with E-state index in [2.05, 4.69) is 12.9 Å². The molecule has 0 aliphatic heterocycles. The number of thiol groups is 1. The van der Waals surface area contributed by atoms with Crippen molar-refractivity contribution in [1.82, 2.24) is 4.90 Å². The fourth-order valence-corrected chi connectivity index (χ4v) is 1.16. The number of nitrogens with zero attached hydrogens (tertiary/aromatic N) is 1. The zero-order valence-electron chi connectivity index (χ0n) is 8.23. The van der Waals surface area contributed by atoms with Crippen molar-refractivity contribution >= 4 is 18.8 Å². The quantitative estimate of drug-likeness (QED) is 0.607. The van der Waals surface area contributed by atoms with Crippen molar-refractivity contribution in [2.24, 2.45) is 0 Å². The van der Waals surface area contributed by atoms with E-state index in [-0.39, 0.29) is 5.91 Å². The molecular formula is C10H13NO2S. The molecule has 1 rings (SSSR count). The van der Waals surface area contributed by atoms with Gasteiger partial charge in [0.15, 0.2) is 0 Å². The normalized spacial score (nSPS) is 9.64. The molecule has 0 saturated carbocycles. The highest BCUT2D eigenvalue weighted by atomic mass is 32.1. The minimum Gasteiger partial charge on any atom is -0.429 e. The van der Waals surface area contributed by atoms with E-state index in [0.29, 0.717) is 12.2 Å². The molecule has 1 aromatic rings. The highest BCUT2D eigenvalue weighted by Gasteiger charge is 2.05. The van der Waals surface area contributed by atoms with Crippen molar-refractivity contribution in [3.05, 3.63) is 29.8 Å². The largest absolute Gasteiger partial charge is 0.429 e. The van der Waals surface area contributed by atoms with Crippen molar-refractivity contribution in [2.45, 2.75) is 6.42 Å². The highest BCUT2D eigenvalue weighted by Crippen LogP contribution is 2.14. The van der Waals surface area contributed by atoms with Gasteiger partial charge in [0, 0.05) is 27.0 Å². The summed E-state index contributed by atoms with van der Waals surface area (Å²) in [6.45, 7) is 0. The van der Waals surface area contributed by atoms with Gasteiger partial charge in [0.2, 0.25) is 5.91 Å². The first-order valence-electron chi connectivity index (χ1n) is 4.24. The van der Waals surface area contributed by atoms with Crippen molar-refractivity contribution < 1.29 is 8.98 Å². The summed E-state index contributed by atoms with van der Waals surface area (Å²) in [5.41, 5.74) is 0.926. The molecule has 4 heteroatoms. The van der Waals surface area contributed by atoms with E-state index in [0.717, 1.165) is 5.56 Å². The summed E-state index contributed by atoms with van der Waals surface area (Å²) in [7, 11) is 3.47. The Hall–Kier alpha value is -1.16. The van der Waals surface area contributed by atoms with E-state index in [4.69, 9.17) is 4.18 Å². The van der Waals surface area contributed by atoms with Gasteiger partial charge in [-0.1, -0.05) is 12.1 Å². The molecule has 14 heavy (non-hydrogen) atoms. The van der Waals surface area contributed by atoms with Crippen molar-refractivity contribution in [1.29, 1.82) is 0 Å². The minimum atomic E-state index is 0.0707. The van der Waals surface area contributed by atoms with Gasteiger partial charge in [-0.3, -0.25) is 4.79 Å². The van der Waals surface area contributed by atoms with E-state index >= 15 is 0 Å². The van der Waals surface area contributed by atoms with Crippen LogP contribution in [-0.4, -0.2) is 24.9 Å². The average molecular weight is 211 g/mol. The van der Waals surface area contributed by atoms with Gasteiger partial charge in [0.05, 0.1) is 6.42 Å². The Bertz CT molecular complexity index is 326. The van der Waals surface area contributed by atoms with Crippen LogP contribution in [0.25, 0.3) is 0 Å². The lowest BCUT2D eigenvalue weighted by Crippen LogP contribution is -2.23. The van der Waals surface area contributed by atoms with Crippen molar-refractivity contribution in [3.63, 3.8) is 0 Å². The summed E-state index contributed by atoms with van der Waals surface area (Å²) in [6.07, 6.45) is 0.387. The SMILES string of the molecule is CN(C)C(=O)Cc1cccc(OS)c1. The molecule has 76 valence electrons. The van der Waals surface area contributed by atoms with Gasteiger partial charge in [0.25, 0.3) is 0 Å². The Balaban J connectivity index is 2.72. The van der Waals surface area contributed by atoms with Crippen molar-refractivity contribution in [2.75, 3.05) is 14.1 Å². The maximum atomic E-state index is 11.4. The number of hydrogen-bond donors (Lipinski definition) is 1. The third-order valence-corrected chi connectivity index (χ3v) is 2.07. The second kappa shape index (κ2) is 4.91. The standard InChI is InChI=1S/C10H13NO2S/c1-11(2)10(12)7-8-4-3-5-9(6-8)13-14/h3-6,14H,7H2,1-2H3. The molecule has 0 aliphatic rings. The topological polar surface area (TPSA) is 29.5 Å². The van der Waals surface area contributed by atoms with Crippen LogP contribution in [-0.2, 0) is 11.2 Å². The molecule has 1 amide bonds. The van der Waals surface area contributed by atoms with E-state index < -0.39 is 0 Å². The Morgan fingerprint density at radius 2 is 2.21 bits per heavy atom. The summed E-state index contributed by atoms with van der Waals surface area (Å²) in [6, 6.07) is 7.31. The molecule has 0 aromatic heterocycles. The summed E-state index contributed by atoms with van der Waals surface area (Å²) >= 11 is 3.69. The smallest absolute Gasteiger partial charge is 0.226 e. The van der Waals surface area contributed by atoms with Gasteiger partial charge in [-0.25, -0.2) is 0 Å². The molecule has 0 bridgehead atoms. The Morgan fingerprint density at radius 3 is 2.79 bits per heavy atom. The van der Waals surface area contributed by atoms with Gasteiger partial charge in [-0.15, -0.1) is 0 Å². The number of rotatable bonds is 3. The molecule has 0 atom stereocenters. The van der Waals surface area contributed by atoms with Crippen LogP contribution in [0.4, 0.5) is 0 Å². The van der Waals surface area contributed by atoms with Gasteiger partial charge in [-0.2, -0.15) is 0 Å². The number of carbonyl (C=O) groups is 1. The highest BCUT2D eigenvalue weighted by molar-refractivity contribution is 7.75. The lowest BCUT2D eigenvalue weighted by atomic mass is 10.1. The maximum absolute atomic E-state index is 11.4. The Morgan fingerprint density at radius 1 is 1.50 bits per heavy atom. The molecular weight excluding hydrogens is 198 g/mol. The van der Waals surface area contributed by atoms with Crippen LogP contribution in [0.5, 0.6) is 5.75 Å². The van der Waals surface area contributed by atoms with Gasteiger partial charge in [-0.05, 0) is 17.7 Å². The van der Waals surface area contributed by atoms with E-state index in [1.165, 1.54) is 0 Å². The van der Waals surface area contributed by atoms with Gasteiger partial charge >= 0.3 is 0 Å². The molecule has 0 aliphatic carbocycles. The lowest BCUT2D eigenvalue weighted by Gasteiger charge is -2.10. The minimum absolute atomic E-state index is 0.0707. The molecule has 0 radical (unpaired) electrons. The summed E-state index contributed by atoms with van der Waals surface area (Å²) in [4.78, 5) is 12.9. The molecule has 0 saturated heterocycles. The van der Waals surface area contributed by atoms with Crippen LogP contribution in [0.1, 0.15) is 5.56 Å². The van der Waals surface area contributed by atoms with Gasteiger partial charge < -0.3 is 9.08 Å². The van der Waals surface area contributed by atoms with E-state index in [9.17, 15) is 4.79 Å². The zero-order chi connectivity index (χ0) is 10.6. The predicted octanol–water partition coefficient (Wildman–Crippen LogP) is 1.54. The first-order chi connectivity index (χ1) is 6.63. The Kier molecular flexibility index (Phi) is 3.83. The summed E-state index contributed by atoms with van der Waals surface area (Å²) < 4.78 is 4.77. The molecule has 0 heterocycles. The average Bonchev–Trinajstić information content (AvgIpc) is 2.18. The molecule has 0 fully saturated rings. The van der Waals surface area contributed by atoms with Crippen molar-refractivity contribution in [3.8, 4) is 5.75 Å². The summed E-state index contributed by atoms with van der Waals surface area (Å²) in [5.74, 6) is 0.721. The first-order valence-corrected chi connectivity index (χ1v) is 4.60. The molecule has 1 aromatic carbocycles. The van der Waals surface area contributed by atoms with Crippen LogP contribution in [0, 0.1) is 0 Å². The monoisotopic (exact) mass is 211 g/mol. The molecule has 0 spiro atoms. The van der Waals surface area contributed by atoms with E-state index in [1.807, 2.05) is 12.1 Å².